The fourth-order valence-corrected chi connectivity index (χ4v) is 7.20. The molecule has 2 aromatic carbocycles. The molecular weight excluding hydrogens is 509 g/mol. The number of likely N-dealkylation sites (tertiary alicyclic amines) is 1. The standard InChI is InChI=1S/C26H31F3N2O5S/c1-35-24(32)25(13-17-30(18-14-25)19-20-5-3-2-4-6-20)37(33,34)31-15-11-23(12-16-31)36-22-9-7-21(8-10-22)26(27,28)29/h2-10,23H,11-19H2,1H3. The van der Waals surface area contributed by atoms with Gasteiger partial charge in [-0.1, -0.05) is 30.3 Å². The van der Waals surface area contributed by atoms with Crippen molar-refractivity contribution in [2.45, 2.75) is 49.3 Å². The summed E-state index contributed by atoms with van der Waals surface area (Å²) in [5.74, 6) is -0.443. The van der Waals surface area contributed by atoms with Crippen LogP contribution in [0.25, 0.3) is 0 Å². The molecule has 0 unspecified atom stereocenters. The molecule has 0 amide bonds. The van der Waals surface area contributed by atoms with Crippen molar-refractivity contribution in [2.24, 2.45) is 0 Å². The lowest BCUT2D eigenvalue weighted by Crippen LogP contribution is -2.60. The number of alkyl halides is 3. The van der Waals surface area contributed by atoms with E-state index in [9.17, 15) is 26.4 Å². The van der Waals surface area contributed by atoms with Gasteiger partial charge < -0.3 is 9.47 Å². The summed E-state index contributed by atoms with van der Waals surface area (Å²) >= 11 is 0. The van der Waals surface area contributed by atoms with Crippen LogP contribution in [0.3, 0.4) is 0 Å². The number of carbonyl (C=O) groups is 1. The maximum absolute atomic E-state index is 13.8. The zero-order valence-corrected chi connectivity index (χ0v) is 21.4. The Hall–Kier alpha value is -2.63. The summed E-state index contributed by atoms with van der Waals surface area (Å²) in [4.78, 5) is 15.0. The fourth-order valence-electron chi connectivity index (χ4n) is 5.02. The van der Waals surface area contributed by atoms with Gasteiger partial charge in [0.05, 0.1) is 12.7 Å². The zero-order chi connectivity index (χ0) is 26.7. The van der Waals surface area contributed by atoms with Gasteiger partial charge >= 0.3 is 12.1 Å². The minimum atomic E-state index is -4.43. The predicted octanol–water partition coefficient (Wildman–Crippen LogP) is 4.09. The van der Waals surface area contributed by atoms with Gasteiger partial charge in [0.15, 0.2) is 4.75 Å². The summed E-state index contributed by atoms with van der Waals surface area (Å²) < 4.78 is 76.4. The lowest BCUT2D eigenvalue weighted by molar-refractivity contribution is -0.145. The van der Waals surface area contributed by atoms with Gasteiger partial charge in [-0.05, 0) is 55.5 Å². The first-order chi connectivity index (χ1) is 17.5. The van der Waals surface area contributed by atoms with Crippen LogP contribution in [0.15, 0.2) is 54.6 Å². The topological polar surface area (TPSA) is 76.2 Å². The highest BCUT2D eigenvalue weighted by atomic mass is 32.2. The second kappa shape index (κ2) is 11.0. The molecule has 0 N–H and O–H groups in total. The second-order valence-corrected chi connectivity index (χ2v) is 11.7. The summed E-state index contributed by atoms with van der Waals surface area (Å²) in [6, 6.07) is 14.3. The average Bonchev–Trinajstić information content (AvgIpc) is 2.89. The summed E-state index contributed by atoms with van der Waals surface area (Å²) in [5, 5.41) is 0. The SMILES string of the molecule is COC(=O)C1(S(=O)(=O)N2CCC(Oc3ccc(C(F)(F)F)cc3)CC2)CCN(Cc2ccccc2)CC1. The van der Waals surface area contributed by atoms with Crippen LogP contribution in [0.1, 0.15) is 36.8 Å². The Morgan fingerprint density at radius 1 is 0.973 bits per heavy atom. The molecule has 0 atom stereocenters. The first-order valence-corrected chi connectivity index (χ1v) is 13.7. The molecule has 0 spiro atoms. The maximum Gasteiger partial charge on any atom is 0.416 e. The van der Waals surface area contributed by atoms with Crippen LogP contribution in [0, 0.1) is 0 Å². The number of ether oxygens (including phenoxy) is 2. The van der Waals surface area contributed by atoms with Crippen LogP contribution in [-0.4, -0.2) is 67.7 Å². The van der Waals surface area contributed by atoms with E-state index in [0.717, 1.165) is 17.7 Å². The Balaban J connectivity index is 1.39. The maximum atomic E-state index is 13.8. The van der Waals surface area contributed by atoms with E-state index in [-0.39, 0.29) is 32.0 Å². The van der Waals surface area contributed by atoms with Crippen molar-refractivity contribution in [1.82, 2.24) is 9.21 Å². The molecule has 0 radical (unpaired) electrons. The molecule has 0 aliphatic carbocycles. The average molecular weight is 541 g/mol. The molecule has 11 heteroatoms. The Morgan fingerprint density at radius 3 is 2.11 bits per heavy atom. The van der Waals surface area contributed by atoms with Crippen molar-refractivity contribution in [3.63, 3.8) is 0 Å². The predicted molar refractivity (Wildman–Crippen MR) is 131 cm³/mol. The highest BCUT2D eigenvalue weighted by molar-refractivity contribution is 7.91. The molecule has 4 rings (SSSR count). The smallest absolute Gasteiger partial charge is 0.416 e. The minimum Gasteiger partial charge on any atom is -0.490 e. The third-order valence-corrected chi connectivity index (χ3v) is 9.80. The first kappa shape index (κ1) is 27.4. The normalized spacial score (nSPS) is 19.9. The fraction of sp³-hybridized carbons (Fsp3) is 0.500. The first-order valence-electron chi connectivity index (χ1n) is 12.2. The lowest BCUT2D eigenvalue weighted by Gasteiger charge is -2.43. The number of halogens is 3. The molecule has 7 nitrogen and oxygen atoms in total. The zero-order valence-electron chi connectivity index (χ0n) is 20.6. The van der Waals surface area contributed by atoms with E-state index in [0.29, 0.717) is 38.2 Å². The van der Waals surface area contributed by atoms with Gasteiger partial charge in [0.2, 0.25) is 10.0 Å². The van der Waals surface area contributed by atoms with E-state index in [1.807, 2.05) is 30.3 Å². The largest absolute Gasteiger partial charge is 0.490 e. The number of methoxy groups -OCH3 is 1. The summed E-state index contributed by atoms with van der Waals surface area (Å²) in [6.45, 7) is 1.86. The Bertz CT molecular complexity index is 1160. The monoisotopic (exact) mass is 540 g/mol. The van der Waals surface area contributed by atoms with Gasteiger partial charge in [0.1, 0.15) is 11.9 Å². The van der Waals surface area contributed by atoms with E-state index < -0.39 is 32.5 Å². The molecule has 2 fully saturated rings. The minimum absolute atomic E-state index is 0.136. The molecule has 2 aliphatic heterocycles. The highest BCUT2D eigenvalue weighted by Gasteiger charge is 2.56. The molecule has 2 saturated heterocycles. The lowest BCUT2D eigenvalue weighted by atomic mass is 9.95. The van der Waals surface area contributed by atoms with Crippen molar-refractivity contribution in [3.8, 4) is 5.75 Å². The summed E-state index contributed by atoms with van der Waals surface area (Å²) in [5.41, 5.74) is 0.356. The number of esters is 1. The van der Waals surface area contributed by atoms with Crippen LogP contribution in [0.4, 0.5) is 13.2 Å². The van der Waals surface area contributed by atoms with E-state index in [2.05, 4.69) is 4.90 Å². The number of nitrogens with zero attached hydrogens (tertiary/aromatic N) is 2. The molecule has 2 aromatic rings. The van der Waals surface area contributed by atoms with E-state index in [1.54, 1.807) is 0 Å². The van der Waals surface area contributed by atoms with Gasteiger partial charge in [-0.25, -0.2) is 12.7 Å². The Morgan fingerprint density at radius 2 is 1.57 bits per heavy atom. The quantitative estimate of drug-likeness (QED) is 0.493. The van der Waals surface area contributed by atoms with Crippen molar-refractivity contribution in [2.75, 3.05) is 33.3 Å². The molecular formula is C26H31F3N2O5S. The molecule has 0 aromatic heterocycles. The second-order valence-electron chi connectivity index (χ2n) is 9.49. The number of hydrogen-bond donors (Lipinski definition) is 0. The Kier molecular flexibility index (Phi) is 8.15. The number of benzene rings is 2. The summed E-state index contributed by atoms with van der Waals surface area (Å²) in [7, 11) is -2.81. The van der Waals surface area contributed by atoms with Gasteiger partial charge in [-0.2, -0.15) is 13.2 Å². The van der Waals surface area contributed by atoms with Crippen molar-refractivity contribution >= 4 is 16.0 Å². The van der Waals surface area contributed by atoms with Crippen LogP contribution >= 0.6 is 0 Å². The third-order valence-electron chi connectivity index (χ3n) is 7.19. The number of piperidine rings is 2. The molecule has 0 saturated carbocycles. The van der Waals surface area contributed by atoms with E-state index in [4.69, 9.17) is 9.47 Å². The molecule has 202 valence electrons. The van der Waals surface area contributed by atoms with Crippen molar-refractivity contribution in [1.29, 1.82) is 0 Å². The van der Waals surface area contributed by atoms with Gasteiger partial charge in [0, 0.05) is 32.7 Å². The van der Waals surface area contributed by atoms with E-state index >= 15 is 0 Å². The number of sulfonamides is 1. The molecule has 37 heavy (non-hydrogen) atoms. The van der Waals surface area contributed by atoms with Crippen LogP contribution in [-0.2, 0) is 32.3 Å². The van der Waals surface area contributed by atoms with Crippen LogP contribution in [0.5, 0.6) is 5.75 Å². The molecule has 2 aliphatic rings. The third kappa shape index (κ3) is 5.94. The Labute approximate surface area is 215 Å². The highest BCUT2D eigenvalue weighted by Crippen LogP contribution is 2.37. The van der Waals surface area contributed by atoms with Crippen LogP contribution < -0.4 is 4.74 Å². The number of hydrogen-bond acceptors (Lipinski definition) is 6. The summed E-state index contributed by atoms with van der Waals surface area (Å²) in [6.07, 6.45) is -3.78. The van der Waals surface area contributed by atoms with Gasteiger partial charge in [-0.15, -0.1) is 0 Å². The van der Waals surface area contributed by atoms with E-state index in [1.165, 1.54) is 23.5 Å². The van der Waals surface area contributed by atoms with Crippen molar-refractivity contribution < 1.29 is 35.9 Å². The van der Waals surface area contributed by atoms with Crippen molar-refractivity contribution in [3.05, 3.63) is 65.7 Å². The van der Waals surface area contributed by atoms with Gasteiger partial charge in [-0.3, -0.25) is 9.69 Å². The van der Waals surface area contributed by atoms with Crippen LogP contribution in [0.2, 0.25) is 0 Å². The molecule has 2 heterocycles. The molecule has 0 bridgehead atoms. The number of rotatable bonds is 7. The number of carbonyl (C=O) groups excluding carboxylic acids is 1. The van der Waals surface area contributed by atoms with Gasteiger partial charge in [0.25, 0.3) is 0 Å².